The molecule has 4 heteroatoms. The van der Waals surface area contributed by atoms with Crippen LogP contribution >= 0.6 is 0 Å². The SMILES string of the molecule is CCCCCCCCC/C=C\CCCCCCCCCCOCC(CO)OC(=O)CCCCCCCCCCCCCCCCCCCCCCCCCCC. The third-order valence-corrected chi connectivity index (χ3v) is 11.8. The van der Waals surface area contributed by atoms with Crippen LogP contribution in [0.3, 0.4) is 0 Å². The molecule has 0 heterocycles. The molecule has 0 bridgehead atoms. The summed E-state index contributed by atoms with van der Waals surface area (Å²) in [6.07, 6.45) is 61.7. The summed E-state index contributed by atoms with van der Waals surface area (Å²) < 4.78 is 11.2. The number of hydrogen-bond donors (Lipinski definition) is 1. The Labute approximate surface area is 352 Å². The highest BCUT2D eigenvalue weighted by Crippen LogP contribution is 2.17. The Morgan fingerprint density at radius 2 is 0.696 bits per heavy atom. The minimum absolute atomic E-state index is 0.166. The van der Waals surface area contributed by atoms with Gasteiger partial charge >= 0.3 is 5.97 Å². The van der Waals surface area contributed by atoms with Crippen LogP contribution in [0.25, 0.3) is 0 Å². The normalized spacial score (nSPS) is 12.3. The number of ether oxygens (including phenoxy) is 2. The Morgan fingerprint density at radius 1 is 0.411 bits per heavy atom. The number of unbranched alkanes of at least 4 members (excludes halogenated alkanes) is 39. The molecule has 0 aliphatic carbocycles. The average Bonchev–Trinajstić information content (AvgIpc) is 3.20. The van der Waals surface area contributed by atoms with Crippen molar-refractivity contribution < 1.29 is 19.4 Å². The first-order valence-electron chi connectivity index (χ1n) is 25.8. The number of esters is 1. The second-order valence-corrected chi connectivity index (χ2v) is 17.6. The molecule has 56 heavy (non-hydrogen) atoms. The second-order valence-electron chi connectivity index (χ2n) is 17.6. The minimum atomic E-state index is -0.531. The highest BCUT2D eigenvalue weighted by Gasteiger charge is 2.13. The van der Waals surface area contributed by atoms with Gasteiger partial charge in [0.05, 0.1) is 13.2 Å². The van der Waals surface area contributed by atoms with E-state index in [1.807, 2.05) is 0 Å². The molecular formula is C52H102O4. The van der Waals surface area contributed by atoms with E-state index < -0.39 is 6.10 Å². The van der Waals surface area contributed by atoms with E-state index in [4.69, 9.17) is 9.47 Å². The average molecular weight is 791 g/mol. The van der Waals surface area contributed by atoms with Crippen LogP contribution in [0, 0.1) is 0 Å². The van der Waals surface area contributed by atoms with E-state index in [-0.39, 0.29) is 12.6 Å². The van der Waals surface area contributed by atoms with Gasteiger partial charge in [0.25, 0.3) is 0 Å². The zero-order valence-electron chi connectivity index (χ0n) is 38.4. The smallest absolute Gasteiger partial charge is 0.306 e. The molecule has 0 aromatic rings. The van der Waals surface area contributed by atoms with E-state index in [1.54, 1.807) is 0 Å². The number of carbonyl (C=O) groups excluding carboxylic acids is 1. The molecule has 0 fully saturated rings. The maximum atomic E-state index is 12.3. The van der Waals surface area contributed by atoms with Crippen molar-refractivity contribution in [2.45, 2.75) is 296 Å². The van der Waals surface area contributed by atoms with Crippen molar-refractivity contribution in [1.29, 1.82) is 0 Å². The Morgan fingerprint density at radius 3 is 1.02 bits per heavy atom. The summed E-state index contributed by atoms with van der Waals surface area (Å²) in [5.41, 5.74) is 0. The first-order chi connectivity index (χ1) is 27.7. The van der Waals surface area contributed by atoms with Gasteiger partial charge in [0.15, 0.2) is 0 Å². The first-order valence-corrected chi connectivity index (χ1v) is 25.8. The van der Waals surface area contributed by atoms with Gasteiger partial charge in [0.1, 0.15) is 6.10 Å². The van der Waals surface area contributed by atoms with Gasteiger partial charge in [-0.1, -0.05) is 257 Å². The molecule has 0 aliphatic rings. The molecule has 0 aliphatic heterocycles. The maximum Gasteiger partial charge on any atom is 0.306 e. The summed E-state index contributed by atoms with van der Waals surface area (Å²) in [5, 5.41) is 9.65. The molecule has 0 aromatic heterocycles. The lowest BCUT2D eigenvalue weighted by atomic mass is 10.0. The van der Waals surface area contributed by atoms with Crippen LogP contribution in [0.15, 0.2) is 12.2 Å². The quantitative estimate of drug-likeness (QED) is 0.0379. The standard InChI is InChI=1S/C52H102O4/c1-3-5-7-9-11-13-15-17-19-21-23-24-25-26-27-28-29-31-33-35-37-39-41-43-45-47-52(54)56-51(49-53)50-55-48-46-44-42-40-38-36-34-32-30-22-20-18-16-14-12-10-8-6-4-2/h20,22,51,53H,3-19,21,23-50H2,1-2H3/b22-20-. The van der Waals surface area contributed by atoms with E-state index in [0.717, 1.165) is 19.3 Å². The van der Waals surface area contributed by atoms with Crippen molar-refractivity contribution in [3.63, 3.8) is 0 Å². The number of carbonyl (C=O) groups is 1. The topological polar surface area (TPSA) is 55.8 Å². The molecule has 0 spiro atoms. The molecule has 4 nitrogen and oxygen atoms in total. The minimum Gasteiger partial charge on any atom is -0.457 e. The van der Waals surface area contributed by atoms with E-state index >= 15 is 0 Å². The summed E-state index contributed by atoms with van der Waals surface area (Å²) in [6.45, 7) is 5.40. The van der Waals surface area contributed by atoms with Crippen LogP contribution in [-0.2, 0) is 14.3 Å². The predicted molar refractivity (Wildman–Crippen MR) is 247 cm³/mol. The number of aliphatic hydroxyl groups is 1. The first kappa shape index (κ1) is 55.1. The largest absolute Gasteiger partial charge is 0.457 e. The van der Waals surface area contributed by atoms with Crippen molar-refractivity contribution in [1.82, 2.24) is 0 Å². The van der Waals surface area contributed by atoms with Gasteiger partial charge in [0, 0.05) is 13.0 Å². The molecule has 1 atom stereocenters. The fourth-order valence-corrected chi connectivity index (χ4v) is 7.97. The van der Waals surface area contributed by atoms with Crippen molar-refractivity contribution >= 4 is 5.97 Å². The number of aliphatic hydroxyl groups excluding tert-OH is 1. The van der Waals surface area contributed by atoms with E-state index in [2.05, 4.69) is 26.0 Å². The molecule has 0 radical (unpaired) electrons. The Bertz CT molecular complexity index is 751. The monoisotopic (exact) mass is 791 g/mol. The number of allylic oxidation sites excluding steroid dienone is 2. The van der Waals surface area contributed by atoms with Crippen molar-refractivity contribution in [3.8, 4) is 0 Å². The predicted octanol–water partition coefficient (Wildman–Crippen LogP) is 17.3. The maximum absolute atomic E-state index is 12.3. The van der Waals surface area contributed by atoms with Gasteiger partial charge in [-0.05, 0) is 38.5 Å². The number of rotatable bonds is 49. The summed E-state index contributed by atoms with van der Waals surface area (Å²) >= 11 is 0. The molecule has 0 saturated carbocycles. The summed E-state index contributed by atoms with van der Waals surface area (Å²) in [7, 11) is 0. The summed E-state index contributed by atoms with van der Waals surface area (Å²) in [6, 6.07) is 0. The Hall–Kier alpha value is -0.870. The van der Waals surface area contributed by atoms with Crippen LogP contribution in [0.5, 0.6) is 0 Å². The van der Waals surface area contributed by atoms with Crippen LogP contribution in [0.1, 0.15) is 290 Å². The van der Waals surface area contributed by atoms with Gasteiger partial charge in [-0.2, -0.15) is 0 Å². The molecule has 0 aromatic carbocycles. The molecule has 334 valence electrons. The highest BCUT2D eigenvalue weighted by molar-refractivity contribution is 5.69. The van der Waals surface area contributed by atoms with E-state index in [1.165, 1.54) is 250 Å². The molecule has 1 N–H and O–H groups in total. The second kappa shape index (κ2) is 50.3. The Kier molecular flexibility index (Phi) is 49.5. The zero-order valence-corrected chi connectivity index (χ0v) is 38.4. The van der Waals surface area contributed by atoms with Crippen LogP contribution in [-0.4, -0.2) is 37.0 Å². The fraction of sp³-hybridized carbons (Fsp3) is 0.942. The van der Waals surface area contributed by atoms with E-state index in [0.29, 0.717) is 19.6 Å². The summed E-state index contributed by atoms with van der Waals surface area (Å²) in [4.78, 5) is 12.3. The molecule has 1 unspecified atom stereocenters. The van der Waals surface area contributed by atoms with Gasteiger partial charge in [0.2, 0.25) is 0 Å². The van der Waals surface area contributed by atoms with Crippen molar-refractivity contribution in [3.05, 3.63) is 12.2 Å². The lowest BCUT2D eigenvalue weighted by molar-refractivity contribution is -0.154. The highest BCUT2D eigenvalue weighted by atomic mass is 16.6. The third kappa shape index (κ3) is 47.5. The zero-order chi connectivity index (χ0) is 40.5. The van der Waals surface area contributed by atoms with E-state index in [9.17, 15) is 9.90 Å². The van der Waals surface area contributed by atoms with Gasteiger partial charge in [-0.15, -0.1) is 0 Å². The lowest BCUT2D eigenvalue weighted by Gasteiger charge is -2.16. The van der Waals surface area contributed by atoms with Gasteiger partial charge in [-0.3, -0.25) is 4.79 Å². The number of hydrogen-bond acceptors (Lipinski definition) is 4. The lowest BCUT2D eigenvalue weighted by Crippen LogP contribution is -2.27. The summed E-state index contributed by atoms with van der Waals surface area (Å²) in [5.74, 6) is -0.193. The fourth-order valence-electron chi connectivity index (χ4n) is 7.97. The molecule has 0 rings (SSSR count). The Balaban J connectivity index is 3.34. The van der Waals surface area contributed by atoms with Crippen LogP contribution in [0.4, 0.5) is 0 Å². The van der Waals surface area contributed by atoms with Crippen molar-refractivity contribution in [2.24, 2.45) is 0 Å². The molecule has 0 amide bonds. The third-order valence-electron chi connectivity index (χ3n) is 11.8. The molecule has 0 saturated heterocycles. The molecular weight excluding hydrogens is 689 g/mol. The van der Waals surface area contributed by atoms with Crippen LogP contribution in [0.2, 0.25) is 0 Å². The van der Waals surface area contributed by atoms with Crippen LogP contribution < -0.4 is 0 Å². The van der Waals surface area contributed by atoms with Gasteiger partial charge in [-0.25, -0.2) is 0 Å². The van der Waals surface area contributed by atoms with Gasteiger partial charge < -0.3 is 14.6 Å². The van der Waals surface area contributed by atoms with Crippen molar-refractivity contribution in [2.75, 3.05) is 19.8 Å².